The lowest BCUT2D eigenvalue weighted by molar-refractivity contribution is 0.607. The molecule has 4 nitrogen and oxygen atoms in total. The van der Waals surface area contributed by atoms with E-state index in [-0.39, 0.29) is 0 Å². The van der Waals surface area contributed by atoms with Gasteiger partial charge in [0.05, 0.1) is 12.5 Å². The molecule has 80 valence electrons. The highest BCUT2D eigenvalue weighted by molar-refractivity contribution is 5.36. The fraction of sp³-hybridized carbons (Fsp3) is 0.545. The van der Waals surface area contributed by atoms with Crippen LogP contribution in [0.3, 0.4) is 0 Å². The molecule has 0 radical (unpaired) electrons. The topological polar surface area (TPSA) is 52.8 Å². The molecule has 0 N–H and O–H groups in total. The molecular formula is C11H16N4. The standard InChI is InChI=1S/C11H16N4/c1-10(2)8-15(7-3-5-12)11-4-6-13-9-14-11/h4,6,9-10H,3,7-8H2,1-2H3. The van der Waals surface area contributed by atoms with Crippen molar-refractivity contribution in [2.75, 3.05) is 18.0 Å². The third kappa shape index (κ3) is 3.94. The Bertz CT molecular complexity index is 315. The van der Waals surface area contributed by atoms with E-state index < -0.39 is 0 Å². The molecule has 0 aliphatic heterocycles. The van der Waals surface area contributed by atoms with Gasteiger partial charge in [-0.3, -0.25) is 0 Å². The average molecular weight is 204 g/mol. The summed E-state index contributed by atoms with van der Waals surface area (Å²) in [5.74, 6) is 1.45. The number of hydrogen-bond donors (Lipinski definition) is 0. The predicted octanol–water partition coefficient (Wildman–Crippen LogP) is 1.85. The first-order valence-electron chi connectivity index (χ1n) is 5.12. The Balaban J connectivity index is 2.68. The monoisotopic (exact) mass is 204 g/mol. The van der Waals surface area contributed by atoms with Crippen molar-refractivity contribution in [1.29, 1.82) is 5.26 Å². The van der Waals surface area contributed by atoms with Gasteiger partial charge in [0.15, 0.2) is 0 Å². The highest BCUT2D eigenvalue weighted by atomic mass is 15.2. The maximum atomic E-state index is 8.59. The molecule has 0 aliphatic carbocycles. The summed E-state index contributed by atoms with van der Waals surface area (Å²) in [4.78, 5) is 10.2. The van der Waals surface area contributed by atoms with Gasteiger partial charge < -0.3 is 4.90 Å². The van der Waals surface area contributed by atoms with Gasteiger partial charge in [-0.2, -0.15) is 5.26 Å². The molecule has 1 rings (SSSR count). The zero-order valence-corrected chi connectivity index (χ0v) is 9.22. The molecule has 0 spiro atoms. The molecule has 4 heteroatoms. The van der Waals surface area contributed by atoms with Crippen molar-refractivity contribution in [3.8, 4) is 6.07 Å². The van der Waals surface area contributed by atoms with Gasteiger partial charge in [0, 0.05) is 19.3 Å². The summed E-state index contributed by atoms with van der Waals surface area (Å²) < 4.78 is 0. The van der Waals surface area contributed by atoms with Gasteiger partial charge >= 0.3 is 0 Å². The zero-order valence-electron chi connectivity index (χ0n) is 9.22. The van der Waals surface area contributed by atoms with Crippen LogP contribution in [0.25, 0.3) is 0 Å². The van der Waals surface area contributed by atoms with Crippen LogP contribution in [-0.4, -0.2) is 23.1 Å². The van der Waals surface area contributed by atoms with E-state index in [0.717, 1.165) is 18.9 Å². The number of aromatic nitrogens is 2. The first-order valence-corrected chi connectivity index (χ1v) is 5.12. The minimum atomic E-state index is 0.525. The summed E-state index contributed by atoms with van der Waals surface area (Å²) in [7, 11) is 0. The fourth-order valence-corrected chi connectivity index (χ4v) is 1.40. The van der Waals surface area contributed by atoms with Gasteiger partial charge in [0.25, 0.3) is 0 Å². The molecule has 1 aromatic rings. The molecular weight excluding hydrogens is 188 g/mol. The summed E-state index contributed by atoms with van der Waals surface area (Å²) in [5.41, 5.74) is 0. The van der Waals surface area contributed by atoms with Crippen LogP contribution in [0.1, 0.15) is 20.3 Å². The van der Waals surface area contributed by atoms with Crippen LogP contribution in [-0.2, 0) is 0 Å². The normalized spacial score (nSPS) is 10.0. The van der Waals surface area contributed by atoms with Crippen molar-refractivity contribution in [3.05, 3.63) is 18.6 Å². The molecule has 0 aliphatic rings. The van der Waals surface area contributed by atoms with E-state index in [0.29, 0.717) is 12.3 Å². The van der Waals surface area contributed by atoms with Gasteiger partial charge in [0.1, 0.15) is 12.1 Å². The average Bonchev–Trinajstić information content (AvgIpc) is 2.25. The molecule has 0 aromatic carbocycles. The molecule has 1 heterocycles. The van der Waals surface area contributed by atoms with Crippen molar-refractivity contribution in [2.45, 2.75) is 20.3 Å². The number of nitriles is 1. The van der Waals surface area contributed by atoms with Crippen LogP contribution < -0.4 is 4.90 Å². The van der Waals surface area contributed by atoms with Crippen LogP contribution in [0.4, 0.5) is 5.82 Å². The molecule has 0 amide bonds. The van der Waals surface area contributed by atoms with Crippen molar-refractivity contribution in [3.63, 3.8) is 0 Å². The maximum absolute atomic E-state index is 8.59. The molecule has 0 bridgehead atoms. The first-order chi connectivity index (χ1) is 7.24. The summed E-state index contributed by atoms with van der Waals surface area (Å²) in [6.07, 6.45) is 3.79. The Morgan fingerprint density at radius 3 is 2.87 bits per heavy atom. The van der Waals surface area contributed by atoms with Gasteiger partial charge in [-0.05, 0) is 12.0 Å². The van der Waals surface area contributed by atoms with Gasteiger partial charge in [-0.15, -0.1) is 0 Å². The lowest BCUT2D eigenvalue weighted by Crippen LogP contribution is -2.29. The Hall–Kier alpha value is -1.63. The SMILES string of the molecule is CC(C)CN(CCC#N)c1ccncn1. The van der Waals surface area contributed by atoms with Crippen molar-refractivity contribution in [1.82, 2.24) is 9.97 Å². The van der Waals surface area contributed by atoms with E-state index in [4.69, 9.17) is 5.26 Å². The quantitative estimate of drug-likeness (QED) is 0.734. The largest absolute Gasteiger partial charge is 0.355 e. The molecule has 0 unspecified atom stereocenters. The fourth-order valence-electron chi connectivity index (χ4n) is 1.40. The smallest absolute Gasteiger partial charge is 0.131 e. The zero-order chi connectivity index (χ0) is 11.1. The minimum Gasteiger partial charge on any atom is -0.355 e. The summed E-state index contributed by atoms with van der Waals surface area (Å²) in [5, 5.41) is 8.59. The summed E-state index contributed by atoms with van der Waals surface area (Å²) >= 11 is 0. The van der Waals surface area contributed by atoms with E-state index in [1.54, 1.807) is 6.20 Å². The maximum Gasteiger partial charge on any atom is 0.131 e. The van der Waals surface area contributed by atoms with Crippen molar-refractivity contribution in [2.24, 2.45) is 5.92 Å². The van der Waals surface area contributed by atoms with Crippen molar-refractivity contribution >= 4 is 5.82 Å². The van der Waals surface area contributed by atoms with Gasteiger partial charge in [0.2, 0.25) is 0 Å². The molecule has 0 saturated carbocycles. The molecule has 0 atom stereocenters. The van der Waals surface area contributed by atoms with Crippen LogP contribution >= 0.6 is 0 Å². The van der Waals surface area contributed by atoms with Gasteiger partial charge in [-0.25, -0.2) is 9.97 Å². The molecule has 0 fully saturated rings. The van der Waals surface area contributed by atoms with E-state index in [1.807, 2.05) is 6.07 Å². The van der Waals surface area contributed by atoms with E-state index in [9.17, 15) is 0 Å². The van der Waals surface area contributed by atoms with Gasteiger partial charge in [-0.1, -0.05) is 13.8 Å². The Morgan fingerprint density at radius 1 is 1.53 bits per heavy atom. The van der Waals surface area contributed by atoms with E-state index in [2.05, 4.69) is 34.8 Å². The second-order valence-corrected chi connectivity index (χ2v) is 3.82. The van der Waals surface area contributed by atoms with E-state index in [1.165, 1.54) is 6.33 Å². The predicted molar refractivity (Wildman–Crippen MR) is 59.3 cm³/mol. The Morgan fingerprint density at radius 2 is 2.33 bits per heavy atom. The lowest BCUT2D eigenvalue weighted by atomic mass is 10.2. The lowest BCUT2D eigenvalue weighted by Gasteiger charge is -2.24. The number of nitrogens with zero attached hydrogens (tertiary/aromatic N) is 4. The third-order valence-corrected chi connectivity index (χ3v) is 1.97. The highest BCUT2D eigenvalue weighted by Gasteiger charge is 2.08. The molecule has 0 saturated heterocycles. The third-order valence-electron chi connectivity index (χ3n) is 1.97. The highest BCUT2D eigenvalue weighted by Crippen LogP contribution is 2.11. The van der Waals surface area contributed by atoms with E-state index >= 15 is 0 Å². The first kappa shape index (κ1) is 11.4. The Labute approximate surface area is 90.6 Å². The second kappa shape index (κ2) is 5.97. The van der Waals surface area contributed by atoms with Crippen LogP contribution in [0.2, 0.25) is 0 Å². The Kier molecular flexibility index (Phi) is 4.55. The van der Waals surface area contributed by atoms with Crippen molar-refractivity contribution < 1.29 is 0 Å². The molecule has 15 heavy (non-hydrogen) atoms. The summed E-state index contributed by atoms with van der Waals surface area (Å²) in [6, 6.07) is 4.03. The van der Waals surface area contributed by atoms with Crippen LogP contribution in [0.15, 0.2) is 18.6 Å². The number of rotatable bonds is 5. The van der Waals surface area contributed by atoms with Crippen LogP contribution in [0.5, 0.6) is 0 Å². The number of hydrogen-bond acceptors (Lipinski definition) is 4. The minimum absolute atomic E-state index is 0.525. The second-order valence-electron chi connectivity index (χ2n) is 3.82. The summed E-state index contributed by atoms with van der Waals surface area (Å²) in [6.45, 7) is 5.95. The number of anilines is 1. The molecule has 1 aromatic heterocycles. The van der Waals surface area contributed by atoms with Crippen LogP contribution in [0, 0.1) is 17.2 Å².